The van der Waals surface area contributed by atoms with Crippen molar-refractivity contribution in [1.82, 2.24) is 15.0 Å². The van der Waals surface area contributed by atoms with Gasteiger partial charge in [0.2, 0.25) is 0 Å². The molecule has 0 aliphatic carbocycles. The topological polar surface area (TPSA) is 30.7 Å². The van der Waals surface area contributed by atoms with Crippen molar-refractivity contribution in [3.63, 3.8) is 0 Å². The maximum Gasteiger partial charge on any atom is 0.437 e. The maximum absolute atomic E-state index is 12.8. The van der Waals surface area contributed by atoms with Gasteiger partial charge in [-0.05, 0) is 5.56 Å². The molecule has 2 rings (SSSR count). The van der Waals surface area contributed by atoms with Crippen LogP contribution in [-0.2, 0) is 18.9 Å². The Labute approximate surface area is 108 Å². The molecule has 0 amide bonds. The van der Waals surface area contributed by atoms with Crippen LogP contribution in [0.2, 0.25) is 0 Å². The number of aromatic nitrogens is 3. The van der Waals surface area contributed by atoms with Crippen LogP contribution >= 0.6 is 0 Å². The van der Waals surface area contributed by atoms with E-state index in [9.17, 15) is 26.3 Å². The van der Waals surface area contributed by atoms with E-state index in [1.807, 2.05) is 0 Å². The first-order valence-electron chi connectivity index (χ1n) is 5.31. The van der Waals surface area contributed by atoms with Crippen LogP contribution < -0.4 is 0 Å². The standard InChI is InChI=1S/C11H7F6N3/c12-10(13,14)8-9(11(15,16)17)20(19-18-8)6-7-4-2-1-3-5-7/h1-5H,6H2. The van der Waals surface area contributed by atoms with E-state index in [0.717, 1.165) is 0 Å². The van der Waals surface area contributed by atoms with Crippen molar-refractivity contribution in [3.05, 3.63) is 47.3 Å². The minimum Gasteiger partial charge on any atom is -0.235 e. The van der Waals surface area contributed by atoms with Crippen LogP contribution in [-0.4, -0.2) is 15.0 Å². The van der Waals surface area contributed by atoms with E-state index >= 15 is 0 Å². The van der Waals surface area contributed by atoms with Gasteiger partial charge in [0.15, 0.2) is 11.4 Å². The van der Waals surface area contributed by atoms with E-state index in [-0.39, 0.29) is 4.68 Å². The van der Waals surface area contributed by atoms with Crippen LogP contribution in [0.3, 0.4) is 0 Å². The van der Waals surface area contributed by atoms with Crippen molar-refractivity contribution in [2.45, 2.75) is 18.9 Å². The highest BCUT2D eigenvalue weighted by atomic mass is 19.4. The van der Waals surface area contributed by atoms with Crippen molar-refractivity contribution < 1.29 is 26.3 Å². The zero-order chi connectivity index (χ0) is 15.0. The van der Waals surface area contributed by atoms with Gasteiger partial charge in [-0.25, -0.2) is 4.68 Å². The summed E-state index contributed by atoms with van der Waals surface area (Å²) in [5.41, 5.74) is -3.54. The van der Waals surface area contributed by atoms with Gasteiger partial charge in [-0.15, -0.1) is 5.10 Å². The van der Waals surface area contributed by atoms with Crippen molar-refractivity contribution in [2.24, 2.45) is 0 Å². The Hall–Kier alpha value is -2.06. The summed E-state index contributed by atoms with van der Waals surface area (Å²) in [6, 6.07) is 7.72. The number of hydrogen-bond donors (Lipinski definition) is 0. The fourth-order valence-corrected chi connectivity index (χ4v) is 1.65. The zero-order valence-corrected chi connectivity index (χ0v) is 9.70. The predicted molar refractivity (Wildman–Crippen MR) is 55.6 cm³/mol. The van der Waals surface area contributed by atoms with Crippen LogP contribution in [0, 0.1) is 0 Å². The van der Waals surface area contributed by atoms with E-state index in [1.54, 1.807) is 18.2 Å². The Morgan fingerprint density at radius 1 is 0.900 bits per heavy atom. The molecule has 108 valence electrons. The highest BCUT2D eigenvalue weighted by molar-refractivity contribution is 5.20. The number of hydrogen-bond acceptors (Lipinski definition) is 2. The molecular formula is C11H7F6N3. The van der Waals surface area contributed by atoms with Gasteiger partial charge >= 0.3 is 12.4 Å². The van der Waals surface area contributed by atoms with Gasteiger partial charge in [0.25, 0.3) is 0 Å². The fourth-order valence-electron chi connectivity index (χ4n) is 1.65. The van der Waals surface area contributed by atoms with Gasteiger partial charge in [-0.2, -0.15) is 26.3 Å². The molecule has 9 heteroatoms. The molecule has 1 aromatic heterocycles. The summed E-state index contributed by atoms with van der Waals surface area (Å²) in [7, 11) is 0. The fraction of sp³-hybridized carbons (Fsp3) is 0.273. The molecule has 0 N–H and O–H groups in total. The second-order valence-electron chi connectivity index (χ2n) is 3.93. The normalized spacial score (nSPS) is 12.7. The van der Waals surface area contributed by atoms with Crippen molar-refractivity contribution in [1.29, 1.82) is 0 Å². The van der Waals surface area contributed by atoms with Gasteiger partial charge in [0.1, 0.15) is 0 Å². The van der Waals surface area contributed by atoms with Gasteiger partial charge in [0, 0.05) is 0 Å². The summed E-state index contributed by atoms with van der Waals surface area (Å²) in [6.07, 6.45) is -10.4. The smallest absolute Gasteiger partial charge is 0.235 e. The maximum atomic E-state index is 12.8. The summed E-state index contributed by atoms with van der Waals surface area (Å²) in [5, 5.41) is 5.59. The predicted octanol–water partition coefficient (Wildman–Crippen LogP) is 3.36. The van der Waals surface area contributed by atoms with E-state index in [4.69, 9.17) is 0 Å². The molecule has 1 aromatic carbocycles. The minimum absolute atomic E-state index is 0.207. The Bertz CT molecular complexity index is 584. The van der Waals surface area contributed by atoms with Crippen molar-refractivity contribution >= 4 is 0 Å². The third-order valence-electron chi connectivity index (χ3n) is 2.45. The van der Waals surface area contributed by atoms with Crippen LogP contribution in [0.5, 0.6) is 0 Å². The zero-order valence-electron chi connectivity index (χ0n) is 9.70. The number of benzene rings is 1. The Kier molecular flexibility index (Phi) is 3.45. The highest BCUT2D eigenvalue weighted by Crippen LogP contribution is 2.38. The number of rotatable bonds is 2. The van der Waals surface area contributed by atoms with Crippen LogP contribution in [0.25, 0.3) is 0 Å². The lowest BCUT2D eigenvalue weighted by Crippen LogP contribution is -2.20. The molecule has 0 fully saturated rings. The summed E-state index contributed by atoms with van der Waals surface area (Å²) in [6.45, 7) is -0.446. The monoisotopic (exact) mass is 295 g/mol. The molecule has 1 heterocycles. The molecule has 2 aromatic rings. The summed E-state index contributed by atoms with van der Waals surface area (Å²) in [4.78, 5) is 0. The Balaban J connectivity index is 2.47. The minimum atomic E-state index is -5.21. The van der Waals surface area contributed by atoms with Crippen LogP contribution in [0.15, 0.2) is 30.3 Å². The lowest BCUT2D eigenvalue weighted by atomic mass is 10.2. The van der Waals surface area contributed by atoms with Gasteiger partial charge in [-0.1, -0.05) is 35.5 Å². The molecule has 0 saturated carbocycles. The summed E-state index contributed by atoms with van der Waals surface area (Å²) < 4.78 is 76.1. The van der Waals surface area contributed by atoms with Gasteiger partial charge in [0.05, 0.1) is 6.54 Å². The van der Waals surface area contributed by atoms with Crippen LogP contribution in [0.1, 0.15) is 17.0 Å². The number of nitrogens with zero attached hydrogens (tertiary/aromatic N) is 3. The van der Waals surface area contributed by atoms with Crippen molar-refractivity contribution in [2.75, 3.05) is 0 Å². The van der Waals surface area contributed by atoms with E-state index in [2.05, 4.69) is 10.3 Å². The molecule has 3 nitrogen and oxygen atoms in total. The molecule has 0 aliphatic rings. The first-order chi connectivity index (χ1) is 9.19. The Morgan fingerprint density at radius 2 is 1.50 bits per heavy atom. The SMILES string of the molecule is FC(F)(F)c1nnn(Cc2ccccc2)c1C(F)(F)F. The first-order valence-corrected chi connectivity index (χ1v) is 5.31. The number of halogens is 6. The molecule has 0 bridgehead atoms. The molecule has 20 heavy (non-hydrogen) atoms. The largest absolute Gasteiger partial charge is 0.437 e. The lowest BCUT2D eigenvalue weighted by molar-refractivity contribution is -0.167. The third-order valence-corrected chi connectivity index (χ3v) is 2.45. The summed E-state index contributed by atoms with van der Waals surface area (Å²) in [5.74, 6) is 0. The first kappa shape index (κ1) is 14.4. The highest BCUT2D eigenvalue weighted by Gasteiger charge is 2.48. The van der Waals surface area contributed by atoms with Crippen molar-refractivity contribution in [3.8, 4) is 0 Å². The second-order valence-corrected chi connectivity index (χ2v) is 3.93. The average molecular weight is 295 g/mol. The van der Waals surface area contributed by atoms with Gasteiger partial charge < -0.3 is 0 Å². The molecule has 0 spiro atoms. The molecule has 0 unspecified atom stereocenters. The van der Waals surface area contributed by atoms with E-state index < -0.39 is 30.3 Å². The lowest BCUT2D eigenvalue weighted by Gasteiger charge is -2.12. The molecular weight excluding hydrogens is 288 g/mol. The van der Waals surface area contributed by atoms with Crippen LogP contribution in [0.4, 0.5) is 26.3 Å². The molecule has 0 aliphatic heterocycles. The van der Waals surface area contributed by atoms with Gasteiger partial charge in [-0.3, -0.25) is 0 Å². The average Bonchev–Trinajstić information content (AvgIpc) is 2.73. The van der Waals surface area contributed by atoms with E-state index in [0.29, 0.717) is 5.56 Å². The third kappa shape index (κ3) is 2.91. The Morgan fingerprint density at radius 3 is 2.00 bits per heavy atom. The second kappa shape index (κ2) is 4.80. The molecule has 0 saturated heterocycles. The molecule has 0 atom stereocenters. The summed E-state index contributed by atoms with van der Waals surface area (Å²) >= 11 is 0. The quantitative estimate of drug-likeness (QED) is 0.795. The molecule has 0 radical (unpaired) electrons. The van der Waals surface area contributed by atoms with E-state index in [1.165, 1.54) is 12.1 Å². The number of alkyl halides is 6.